The van der Waals surface area contributed by atoms with Crippen molar-refractivity contribution in [2.24, 2.45) is 0 Å². The molecule has 2 aliphatic heterocycles. The number of nitrogens with zero attached hydrogens (tertiary/aromatic N) is 5. The molecule has 6 rings (SSSR count). The summed E-state index contributed by atoms with van der Waals surface area (Å²) in [6, 6.07) is 19.5. The molecule has 2 saturated heterocycles. The number of ether oxygens (including phenoxy) is 1. The number of benzene rings is 2. The molecule has 9 nitrogen and oxygen atoms in total. The number of aromatic nitrogens is 4. The molecule has 0 radical (unpaired) electrons. The normalized spacial score (nSPS) is 17.4. The topological polar surface area (TPSA) is 94.2 Å². The van der Waals surface area contributed by atoms with Crippen molar-refractivity contribution < 1.29 is 4.74 Å². The third-order valence-electron chi connectivity index (χ3n) is 6.96. The minimum atomic E-state index is 0.342. The van der Waals surface area contributed by atoms with Crippen molar-refractivity contribution in [2.45, 2.75) is 25.4 Å². The number of nitrogens with one attached hydrogen (secondary N) is 3. The van der Waals surface area contributed by atoms with E-state index >= 15 is 0 Å². The molecule has 0 aliphatic carbocycles. The molecule has 9 heteroatoms. The van der Waals surface area contributed by atoms with Crippen LogP contribution in [0.4, 0.5) is 23.1 Å². The van der Waals surface area contributed by atoms with Crippen LogP contribution >= 0.6 is 0 Å². The maximum Gasteiger partial charge on any atom is 0.227 e. The summed E-state index contributed by atoms with van der Waals surface area (Å²) in [5.41, 5.74) is 5.00. The van der Waals surface area contributed by atoms with E-state index in [4.69, 9.17) is 9.72 Å². The molecule has 0 spiro atoms. The van der Waals surface area contributed by atoms with Gasteiger partial charge in [0.15, 0.2) is 11.5 Å². The Morgan fingerprint density at radius 3 is 2.47 bits per heavy atom. The lowest BCUT2D eigenvalue weighted by molar-refractivity contribution is 0.122. The zero-order valence-corrected chi connectivity index (χ0v) is 20.4. The van der Waals surface area contributed by atoms with Crippen molar-refractivity contribution in [3.8, 4) is 0 Å². The number of aromatic amines is 1. The van der Waals surface area contributed by atoms with E-state index in [0.717, 1.165) is 75.8 Å². The molecule has 0 unspecified atom stereocenters. The van der Waals surface area contributed by atoms with E-state index in [0.29, 0.717) is 17.6 Å². The van der Waals surface area contributed by atoms with Gasteiger partial charge in [0.2, 0.25) is 5.95 Å². The van der Waals surface area contributed by atoms with Crippen LogP contribution in [0.25, 0.3) is 11.2 Å². The van der Waals surface area contributed by atoms with Gasteiger partial charge in [-0.1, -0.05) is 30.3 Å². The number of hydrogen-bond acceptors (Lipinski definition) is 8. The molecule has 4 heterocycles. The first kappa shape index (κ1) is 22.8. The van der Waals surface area contributed by atoms with Gasteiger partial charge in [-0.3, -0.25) is 4.90 Å². The minimum absolute atomic E-state index is 0.342. The predicted molar refractivity (Wildman–Crippen MR) is 143 cm³/mol. The third-order valence-corrected chi connectivity index (χ3v) is 6.96. The number of rotatable bonds is 7. The molecule has 2 aromatic heterocycles. The van der Waals surface area contributed by atoms with Crippen molar-refractivity contribution >= 4 is 34.3 Å². The molecule has 0 saturated carbocycles. The zero-order valence-electron chi connectivity index (χ0n) is 20.4. The van der Waals surface area contributed by atoms with Gasteiger partial charge in [-0.2, -0.15) is 9.97 Å². The van der Waals surface area contributed by atoms with Crippen LogP contribution in [0.5, 0.6) is 0 Å². The van der Waals surface area contributed by atoms with Crippen LogP contribution in [-0.4, -0.2) is 70.3 Å². The van der Waals surface area contributed by atoms with Crippen molar-refractivity contribution in [3.05, 3.63) is 66.5 Å². The summed E-state index contributed by atoms with van der Waals surface area (Å²) >= 11 is 0. The van der Waals surface area contributed by atoms with Crippen LogP contribution in [0, 0.1) is 0 Å². The largest absolute Gasteiger partial charge is 0.378 e. The summed E-state index contributed by atoms with van der Waals surface area (Å²) < 4.78 is 5.47. The average molecular weight is 485 g/mol. The predicted octanol–water partition coefficient (Wildman–Crippen LogP) is 4.01. The highest BCUT2D eigenvalue weighted by molar-refractivity contribution is 5.86. The monoisotopic (exact) mass is 484 g/mol. The molecule has 186 valence electrons. The summed E-state index contributed by atoms with van der Waals surface area (Å²) in [7, 11) is 0. The fraction of sp³-hybridized carbons (Fsp3) is 0.370. The Balaban J connectivity index is 1.11. The number of hydrogen-bond donors (Lipinski definition) is 3. The zero-order chi connectivity index (χ0) is 24.2. The van der Waals surface area contributed by atoms with Gasteiger partial charge >= 0.3 is 0 Å². The van der Waals surface area contributed by atoms with Gasteiger partial charge in [0.1, 0.15) is 5.52 Å². The Labute approximate surface area is 210 Å². The number of likely N-dealkylation sites (tertiary alicyclic amines) is 1. The maximum absolute atomic E-state index is 5.47. The lowest BCUT2D eigenvalue weighted by atomic mass is 10.0. The number of fused-ring (bicyclic) bond motifs is 1. The lowest BCUT2D eigenvalue weighted by Gasteiger charge is -2.32. The van der Waals surface area contributed by atoms with E-state index in [1.54, 1.807) is 6.33 Å². The van der Waals surface area contributed by atoms with Gasteiger partial charge in [0.05, 0.1) is 19.5 Å². The summed E-state index contributed by atoms with van der Waals surface area (Å²) in [5, 5.41) is 7.03. The second kappa shape index (κ2) is 10.5. The first-order valence-electron chi connectivity index (χ1n) is 12.7. The Bertz CT molecular complexity index is 1260. The SMILES string of the molecule is c1ccc(CN2CCC(Nc3nc(Nc4ccc(N5CCOCC5)cc4)c4[nH]cnc4n3)CC2)cc1. The number of piperidine rings is 1. The minimum Gasteiger partial charge on any atom is -0.378 e. The summed E-state index contributed by atoms with van der Waals surface area (Å²) in [6.45, 7) is 6.51. The van der Waals surface area contributed by atoms with Crippen LogP contribution in [0.2, 0.25) is 0 Å². The summed E-state index contributed by atoms with van der Waals surface area (Å²) in [4.78, 5) is 21.9. The van der Waals surface area contributed by atoms with E-state index < -0.39 is 0 Å². The van der Waals surface area contributed by atoms with Crippen LogP contribution in [0.1, 0.15) is 18.4 Å². The Hall–Kier alpha value is -3.69. The average Bonchev–Trinajstić information content (AvgIpc) is 3.41. The van der Waals surface area contributed by atoms with Crippen LogP contribution in [0.15, 0.2) is 60.9 Å². The van der Waals surface area contributed by atoms with Crippen LogP contribution in [0.3, 0.4) is 0 Å². The molecule has 36 heavy (non-hydrogen) atoms. The van der Waals surface area contributed by atoms with Gasteiger partial charge < -0.3 is 25.3 Å². The maximum atomic E-state index is 5.47. The van der Waals surface area contributed by atoms with Crippen molar-refractivity contribution in [2.75, 3.05) is 54.9 Å². The fourth-order valence-corrected chi connectivity index (χ4v) is 4.96. The first-order valence-corrected chi connectivity index (χ1v) is 12.7. The van der Waals surface area contributed by atoms with Crippen LogP contribution in [-0.2, 0) is 11.3 Å². The van der Waals surface area contributed by atoms with Gasteiger partial charge in [-0.25, -0.2) is 4.98 Å². The fourth-order valence-electron chi connectivity index (χ4n) is 4.96. The van der Waals surface area contributed by atoms with Crippen molar-refractivity contribution in [3.63, 3.8) is 0 Å². The van der Waals surface area contributed by atoms with Crippen molar-refractivity contribution in [1.82, 2.24) is 24.8 Å². The Kier molecular flexibility index (Phi) is 6.64. The summed E-state index contributed by atoms with van der Waals surface area (Å²) in [6.07, 6.45) is 3.78. The Morgan fingerprint density at radius 2 is 1.69 bits per heavy atom. The van der Waals surface area contributed by atoms with Crippen LogP contribution < -0.4 is 15.5 Å². The third kappa shape index (κ3) is 5.27. The molecule has 3 N–H and O–H groups in total. The molecule has 2 aromatic carbocycles. The highest BCUT2D eigenvalue weighted by Crippen LogP contribution is 2.26. The van der Waals surface area contributed by atoms with Gasteiger partial charge in [-0.05, 0) is 42.7 Å². The van der Waals surface area contributed by atoms with Gasteiger partial charge in [0.25, 0.3) is 0 Å². The first-order chi connectivity index (χ1) is 17.8. The molecule has 4 aromatic rings. The standard InChI is InChI=1S/C27H32N8O/c1-2-4-20(5-3-1)18-34-12-10-22(11-13-34)31-27-32-25-24(28-19-29-25)26(33-27)30-21-6-8-23(9-7-21)35-14-16-36-17-15-35/h1-9,19,22H,10-18H2,(H3,28,29,30,31,32,33). The number of morpholine rings is 1. The second-order valence-electron chi connectivity index (χ2n) is 9.45. The highest BCUT2D eigenvalue weighted by Gasteiger charge is 2.21. The van der Waals surface area contributed by atoms with Crippen molar-refractivity contribution in [1.29, 1.82) is 0 Å². The van der Waals surface area contributed by atoms with E-state index in [1.165, 1.54) is 11.3 Å². The molecule has 2 aliphatic rings. The summed E-state index contributed by atoms with van der Waals surface area (Å²) in [5.74, 6) is 1.34. The van der Waals surface area contributed by atoms with Gasteiger partial charge in [0, 0.05) is 50.1 Å². The molecule has 0 amide bonds. The highest BCUT2D eigenvalue weighted by atomic mass is 16.5. The smallest absolute Gasteiger partial charge is 0.227 e. The van der Waals surface area contributed by atoms with E-state index in [2.05, 4.69) is 90.0 Å². The number of anilines is 4. The molecule has 0 bridgehead atoms. The second-order valence-corrected chi connectivity index (χ2v) is 9.45. The van der Waals surface area contributed by atoms with E-state index in [9.17, 15) is 0 Å². The lowest BCUT2D eigenvalue weighted by Crippen LogP contribution is -2.39. The van der Waals surface area contributed by atoms with Gasteiger partial charge in [-0.15, -0.1) is 0 Å². The number of H-pyrrole nitrogens is 1. The molecular formula is C27H32N8O. The van der Waals surface area contributed by atoms with E-state index in [1.807, 2.05) is 0 Å². The molecule has 0 atom stereocenters. The number of imidazole rings is 1. The molecular weight excluding hydrogens is 452 g/mol. The Morgan fingerprint density at radius 1 is 0.917 bits per heavy atom. The van der Waals surface area contributed by atoms with E-state index in [-0.39, 0.29) is 0 Å². The quantitative estimate of drug-likeness (QED) is 0.362. The molecule has 2 fully saturated rings.